The summed E-state index contributed by atoms with van der Waals surface area (Å²) < 4.78 is 0. The molecule has 0 radical (unpaired) electrons. The standard InChI is InChI=1S/C17H21N/c1-2-5-14(6-3-1)8-9-15-10-11-17-16(13-15)7-4-12-18-17/h4,7,10-14H,1-3,5-6,8-9H2. The number of pyridine rings is 1. The van der Waals surface area contributed by atoms with E-state index in [4.69, 9.17) is 0 Å². The summed E-state index contributed by atoms with van der Waals surface area (Å²) in [6.07, 6.45) is 11.7. The second kappa shape index (κ2) is 5.51. The minimum absolute atomic E-state index is 0.975. The molecule has 0 bridgehead atoms. The summed E-state index contributed by atoms with van der Waals surface area (Å²) in [5.41, 5.74) is 2.58. The molecule has 0 amide bonds. The van der Waals surface area contributed by atoms with E-state index in [0.717, 1.165) is 11.4 Å². The van der Waals surface area contributed by atoms with Gasteiger partial charge in [0, 0.05) is 11.6 Å². The van der Waals surface area contributed by atoms with Crippen molar-refractivity contribution >= 4 is 10.9 Å². The first-order valence-electron chi connectivity index (χ1n) is 7.25. The van der Waals surface area contributed by atoms with Crippen molar-refractivity contribution in [3.05, 3.63) is 42.1 Å². The Morgan fingerprint density at radius 1 is 1.06 bits per heavy atom. The lowest BCUT2D eigenvalue weighted by atomic mass is 9.85. The maximum atomic E-state index is 4.37. The molecule has 1 aliphatic carbocycles. The molecule has 0 unspecified atom stereocenters. The van der Waals surface area contributed by atoms with E-state index in [1.807, 2.05) is 12.3 Å². The van der Waals surface area contributed by atoms with E-state index in [1.54, 1.807) is 0 Å². The smallest absolute Gasteiger partial charge is 0.0702 e. The maximum Gasteiger partial charge on any atom is 0.0702 e. The van der Waals surface area contributed by atoms with Gasteiger partial charge < -0.3 is 0 Å². The van der Waals surface area contributed by atoms with Gasteiger partial charge in [0.1, 0.15) is 0 Å². The Morgan fingerprint density at radius 3 is 2.83 bits per heavy atom. The first-order chi connectivity index (χ1) is 8.92. The van der Waals surface area contributed by atoms with Gasteiger partial charge in [-0.2, -0.15) is 0 Å². The molecule has 1 aliphatic rings. The lowest BCUT2D eigenvalue weighted by Gasteiger charge is -2.21. The number of nitrogens with zero attached hydrogens (tertiary/aromatic N) is 1. The molecule has 1 saturated carbocycles. The minimum atomic E-state index is 0.975. The van der Waals surface area contributed by atoms with E-state index in [2.05, 4.69) is 29.2 Å². The first kappa shape index (κ1) is 11.7. The van der Waals surface area contributed by atoms with Gasteiger partial charge in [-0.15, -0.1) is 0 Å². The number of rotatable bonds is 3. The molecule has 1 heterocycles. The molecular weight excluding hydrogens is 218 g/mol. The molecule has 0 aliphatic heterocycles. The van der Waals surface area contributed by atoms with Crippen LogP contribution in [0.1, 0.15) is 44.1 Å². The van der Waals surface area contributed by atoms with E-state index in [1.165, 1.54) is 55.9 Å². The Balaban J connectivity index is 1.66. The third kappa shape index (κ3) is 2.72. The van der Waals surface area contributed by atoms with E-state index in [9.17, 15) is 0 Å². The number of hydrogen-bond acceptors (Lipinski definition) is 1. The van der Waals surface area contributed by atoms with Crippen molar-refractivity contribution < 1.29 is 0 Å². The van der Waals surface area contributed by atoms with Gasteiger partial charge in [0.25, 0.3) is 0 Å². The fourth-order valence-electron chi connectivity index (χ4n) is 3.13. The Kier molecular flexibility index (Phi) is 3.59. The molecule has 94 valence electrons. The highest BCUT2D eigenvalue weighted by Crippen LogP contribution is 2.27. The normalized spacial score (nSPS) is 17.1. The second-order valence-corrected chi connectivity index (χ2v) is 5.57. The number of fused-ring (bicyclic) bond motifs is 1. The van der Waals surface area contributed by atoms with Crippen LogP contribution in [0.5, 0.6) is 0 Å². The van der Waals surface area contributed by atoms with Gasteiger partial charge in [-0.05, 0) is 42.5 Å². The number of benzene rings is 1. The van der Waals surface area contributed by atoms with Crippen molar-refractivity contribution in [1.29, 1.82) is 0 Å². The third-order valence-electron chi connectivity index (χ3n) is 4.23. The zero-order valence-electron chi connectivity index (χ0n) is 10.9. The third-order valence-corrected chi connectivity index (χ3v) is 4.23. The van der Waals surface area contributed by atoms with Crippen LogP contribution in [-0.4, -0.2) is 4.98 Å². The molecule has 18 heavy (non-hydrogen) atoms. The molecule has 2 aromatic rings. The minimum Gasteiger partial charge on any atom is -0.256 e. The van der Waals surface area contributed by atoms with Crippen LogP contribution in [0.4, 0.5) is 0 Å². The summed E-state index contributed by atoms with van der Waals surface area (Å²) in [5.74, 6) is 0.975. The average Bonchev–Trinajstić information content (AvgIpc) is 2.46. The molecule has 3 rings (SSSR count). The van der Waals surface area contributed by atoms with Crippen LogP contribution in [-0.2, 0) is 6.42 Å². The molecule has 0 saturated heterocycles. The van der Waals surface area contributed by atoms with Gasteiger partial charge in [0.05, 0.1) is 5.52 Å². The zero-order chi connectivity index (χ0) is 12.2. The summed E-state index contributed by atoms with van der Waals surface area (Å²) in [6, 6.07) is 10.9. The van der Waals surface area contributed by atoms with Crippen molar-refractivity contribution in [2.45, 2.75) is 44.9 Å². The first-order valence-corrected chi connectivity index (χ1v) is 7.25. The Bertz CT molecular complexity index is 512. The summed E-state index contributed by atoms with van der Waals surface area (Å²) in [4.78, 5) is 4.37. The van der Waals surface area contributed by atoms with Crippen LogP contribution >= 0.6 is 0 Å². The van der Waals surface area contributed by atoms with E-state index in [-0.39, 0.29) is 0 Å². The molecule has 1 fully saturated rings. The predicted octanol–water partition coefficient (Wildman–Crippen LogP) is 4.75. The quantitative estimate of drug-likeness (QED) is 0.753. The highest BCUT2D eigenvalue weighted by molar-refractivity contribution is 5.78. The predicted molar refractivity (Wildman–Crippen MR) is 76.6 cm³/mol. The fourth-order valence-corrected chi connectivity index (χ4v) is 3.13. The fraction of sp³-hybridized carbons (Fsp3) is 0.471. The average molecular weight is 239 g/mol. The zero-order valence-corrected chi connectivity index (χ0v) is 10.9. The summed E-state index contributed by atoms with van der Waals surface area (Å²) >= 11 is 0. The van der Waals surface area contributed by atoms with E-state index < -0.39 is 0 Å². The molecular formula is C17H21N. The van der Waals surface area contributed by atoms with Gasteiger partial charge in [0.2, 0.25) is 0 Å². The van der Waals surface area contributed by atoms with E-state index >= 15 is 0 Å². The van der Waals surface area contributed by atoms with Crippen LogP contribution in [0, 0.1) is 5.92 Å². The van der Waals surface area contributed by atoms with E-state index in [0.29, 0.717) is 0 Å². The van der Waals surface area contributed by atoms with Crippen LogP contribution in [0.2, 0.25) is 0 Å². The van der Waals surface area contributed by atoms with Gasteiger partial charge in [-0.25, -0.2) is 0 Å². The molecule has 0 N–H and O–H groups in total. The van der Waals surface area contributed by atoms with Crippen molar-refractivity contribution in [2.75, 3.05) is 0 Å². The Hall–Kier alpha value is -1.37. The molecule has 1 aromatic heterocycles. The molecule has 1 heteroatoms. The maximum absolute atomic E-state index is 4.37. The van der Waals surface area contributed by atoms with Crippen LogP contribution in [0.3, 0.4) is 0 Å². The lowest BCUT2D eigenvalue weighted by molar-refractivity contribution is 0.339. The van der Waals surface area contributed by atoms with Crippen LogP contribution in [0.15, 0.2) is 36.5 Å². The van der Waals surface area contributed by atoms with Crippen LogP contribution in [0.25, 0.3) is 10.9 Å². The SMILES string of the molecule is c1cnc2ccc(CCC3CCCCC3)cc2c1. The van der Waals surface area contributed by atoms with Gasteiger partial charge in [-0.3, -0.25) is 4.98 Å². The van der Waals surface area contributed by atoms with Crippen molar-refractivity contribution in [1.82, 2.24) is 4.98 Å². The van der Waals surface area contributed by atoms with Gasteiger partial charge >= 0.3 is 0 Å². The molecule has 1 aromatic carbocycles. The van der Waals surface area contributed by atoms with Gasteiger partial charge in [-0.1, -0.05) is 44.2 Å². The summed E-state index contributed by atoms with van der Waals surface area (Å²) in [7, 11) is 0. The molecule has 0 spiro atoms. The monoisotopic (exact) mass is 239 g/mol. The van der Waals surface area contributed by atoms with Crippen molar-refractivity contribution in [3.63, 3.8) is 0 Å². The highest BCUT2D eigenvalue weighted by Gasteiger charge is 2.13. The Morgan fingerprint density at radius 2 is 1.94 bits per heavy atom. The largest absolute Gasteiger partial charge is 0.256 e. The number of aromatic nitrogens is 1. The number of hydrogen-bond donors (Lipinski definition) is 0. The molecule has 0 atom stereocenters. The van der Waals surface area contributed by atoms with Crippen LogP contribution < -0.4 is 0 Å². The highest BCUT2D eigenvalue weighted by atomic mass is 14.6. The molecule has 1 nitrogen and oxygen atoms in total. The number of aryl methyl sites for hydroxylation is 1. The van der Waals surface area contributed by atoms with Gasteiger partial charge in [0.15, 0.2) is 0 Å². The van der Waals surface area contributed by atoms with Crippen molar-refractivity contribution in [3.8, 4) is 0 Å². The topological polar surface area (TPSA) is 12.9 Å². The summed E-state index contributed by atoms with van der Waals surface area (Å²) in [6.45, 7) is 0. The Labute approximate surface area is 109 Å². The lowest BCUT2D eigenvalue weighted by Crippen LogP contribution is -2.07. The van der Waals surface area contributed by atoms with Crippen molar-refractivity contribution in [2.24, 2.45) is 5.92 Å². The second-order valence-electron chi connectivity index (χ2n) is 5.57. The summed E-state index contributed by atoms with van der Waals surface area (Å²) in [5, 5.41) is 1.28.